The van der Waals surface area contributed by atoms with Crippen molar-refractivity contribution in [2.75, 3.05) is 13.1 Å². The lowest BCUT2D eigenvalue weighted by Crippen LogP contribution is -2.30. The number of hydrogen-bond acceptors (Lipinski definition) is 2. The molecule has 0 bridgehead atoms. The number of nitrogens with zero attached hydrogens (tertiary/aromatic N) is 1. The number of amides is 1. The molecule has 0 aromatic rings. The van der Waals surface area contributed by atoms with Gasteiger partial charge in [-0.05, 0) is 25.8 Å². The lowest BCUT2D eigenvalue weighted by Gasteiger charge is -2.18. The minimum atomic E-state index is -0.760. The number of carboxylic acids is 1. The van der Waals surface area contributed by atoms with Crippen LogP contribution in [-0.2, 0) is 9.59 Å². The van der Waals surface area contributed by atoms with Crippen molar-refractivity contribution in [2.24, 2.45) is 0 Å². The predicted molar refractivity (Wildman–Crippen MR) is 58.6 cm³/mol. The molecule has 0 atom stereocenters. The summed E-state index contributed by atoms with van der Waals surface area (Å²) in [7, 11) is 0. The Kier molecular flexibility index (Phi) is 7.32. The van der Waals surface area contributed by atoms with Gasteiger partial charge in [-0.25, -0.2) is 0 Å². The van der Waals surface area contributed by atoms with Gasteiger partial charge in [-0.1, -0.05) is 13.0 Å². The molecule has 0 aliphatic heterocycles. The van der Waals surface area contributed by atoms with E-state index in [0.29, 0.717) is 19.5 Å². The molecule has 0 saturated carbocycles. The van der Waals surface area contributed by atoms with E-state index in [-0.39, 0.29) is 12.3 Å². The lowest BCUT2D eigenvalue weighted by molar-refractivity contribution is -0.137. The molecular formula is C11H19NO3. The van der Waals surface area contributed by atoms with Crippen molar-refractivity contribution in [3.8, 4) is 0 Å². The largest absolute Gasteiger partial charge is 0.481 e. The first-order chi connectivity index (χ1) is 7.11. The molecule has 0 unspecified atom stereocenters. The number of carbonyl (C=O) groups is 2. The summed E-state index contributed by atoms with van der Waals surface area (Å²) in [6, 6.07) is 0. The van der Waals surface area contributed by atoms with Crippen molar-refractivity contribution in [3.63, 3.8) is 0 Å². The first kappa shape index (κ1) is 13.7. The fourth-order valence-electron chi connectivity index (χ4n) is 1.31. The van der Waals surface area contributed by atoms with Gasteiger partial charge in [-0.15, -0.1) is 0 Å². The van der Waals surface area contributed by atoms with Crippen molar-refractivity contribution < 1.29 is 14.7 Å². The third-order valence-corrected chi connectivity index (χ3v) is 2.19. The van der Waals surface area contributed by atoms with Crippen LogP contribution < -0.4 is 0 Å². The highest BCUT2D eigenvalue weighted by Gasteiger charge is 2.06. The summed E-state index contributed by atoms with van der Waals surface area (Å²) in [5.74, 6) is -0.819. The lowest BCUT2D eigenvalue weighted by atomic mass is 10.2. The molecule has 0 radical (unpaired) electrons. The van der Waals surface area contributed by atoms with Gasteiger partial charge in [0.1, 0.15) is 0 Å². The maximum atomic E-state index is 11.2. The van der Waals surface area contributed by atoms with E-state index in [0.717, 1.165) is 12.8 Å². The predicted octanol–water partition coefficient (Wildman–Crippen LogP) is 1.67. The Labute approximate surface area is 90.6 Å². The van der Waals surface area contributed by atoms with Crippen molar-refractivity contribution in [1.82, 2.24) is 4.90 Å². The Balaban J connectivity index is 3.59. The number of hydrogen-bond donors (Lipinski definition) is 1. The quantitative estimate of drug-likeness (QED) is 0.493. The van der Waals surface area contributed by atoms with Gasteiger partial charge >= 0.3 is 5.97 Å². The van der Waals surface area contributed by atoms with E-state index in [2.05, 4.69) is 6.58 Å². The van der Waals surface area contributed by atoms with E-state index in [9.17, 15) is 9.59 Å². The average molecular weight is 213 g/mol. The van der Waals surface area contributed by atoms with E-state index < -0.39 is 5.97 Å². The Morgan fingerprint density at radius 3 is 2.47 bits per heavy atom. The van der Waals surface area contributed by atoms with Crippen LogP contribution in [0.25, 0.3) is 0 Å². The summed E-state index contributed by atoms with van der Waals surface area (Å²) in [6.45, 7) is 6.70. The summed E-state index contributed by atoms with van der Waals surface area (Å²) < 4.78 is 0. The van der Waals surface area contributed by atoms with Crippen LogP contribution in [0.15, 0.2) is 12.7 Å². The smallest absolute Gasteiger partial charge is 0.303 e. The molecule has 1 N–H and O–H groups in total. The molecule has 0 spiro atoms. The summed E-state index contributed by atoms with van der Waals surface area (Å²) in [5.41, 5.74) is 0. The van der Waals surface area contributed by atoms with Crippen molar-refractivity contribution >= 4 is 11.9 Å². The Morgan fingerprint density at radius 2 is 2.00 bits per heavy atom. The zero-order valence-electron chi connectivity index (χ0n) is 9.24. The molecule has 0 heterocycles. The molecule has 0 rings (SSSR count). The molecule has 0 aromatic carbocycles. The highest BCUT2D eigenvalue weighted by atomic mass is 16.4. The van der Waals surface area contributed by atoms with Gasteiger partial charge in [-0.3, -0.25) is 9.59 Å². The summed E-state index contributed by atoms with van der Waals surface area (Å²) in [4.78, 5) is 23.2. The number of carboxylic acid groups (broad SMARTS) is 1. The van der Waals surface area contributed by atoms with Gasteiger partial charge in [-0.2, -0.15) is 0 Å². The summed E-state index contributed by atoms with van der Waals surface area (Å²) in [5, 5.41) is 8.42. The number of carbonyl (C=O) groups excluding carboxylic acids is 1. The first-order valence-electron chi connectivity index (χ1n) is 5.25. The Morgan fingerprint density at radius 1 is 1.33 bits per heavy atom. The number of rotatable bonds is 8. The first-order valence-corrected chi connectivity index (χ1v) is 5.25. The van der Waals surface area contributed by atoms with Crippen molar-refractivity contribution in [1.29, 1.82) is 0 Å². The number of aliphatic carboxylic acids is 1. The molecule has 4 nitrogen and oxygen atoms in total. The van der Waals surface area contributed by atoms with Crippen LogP contribution in [0.4, 0.5) is 0 Å². The monoisotopic (exact) mass is 213 g/mol. The number of unbranched alkanes of at least 4 members (excludes halogenated alkanes) is 2. The normalized spacial score (nSPS) is 9.67. The third kappa shape index (κ3) is 6.71. The van der Waals surface area contributed by atoms with Gasteiger partial charge in [0.25, 0.3) is 0 Å². The highest BCUT2D eigenvalue weighted by Crippen LogP contribution is 2.02. The van der Waals surface area contributed by atoms with E-state index in [1.54, 1.807) is 4.90 Å². The van der Waals surface area contributed by atoms with Crippen LogP contribution in [0.2, 0.25) is 0 Å². The zero-order valence-corrected chi connectivity index (χ0v) is 9.24. The van der Waals surface area contributed by atoms with Crippen LogP contribution >= 0.6 is 0 Å². The topological polar surface area (TPSA) is 57.6 Å². The van der Waals surface area contributed by atoms with Gasteiger partial charge < -0.3 is 10.0 Å². The molecule has 0 aromatic heterocycles. The molecule has 86 valence electrons. The molecule has 0 fully saturated rings. The maximum Gasteiger partial charge on any atom is 0.303 e. The molecule has 0 aliphatic carbocycles. The molecular weight excluding hydrogens is 194 g/mol. The van der Waals surface area contributed by atoms with E-state index >= 15 is 0 Å². The second-order valence-corrected chi connectivity index (χ2v) is 3.33. The minimum absolute atomic E-state index is 0.0595. The van der Waals surface area contributed by atoms with Crippen LogP contribution in [0.1, 0.15) is 32.6 Å². The Bertz CT molecular complexity index is 226. The van der Waals surface area contributed by atoms with E-state index in [4.69, 9.17) is 5.11 Å². The molecule has 0 aliphatic rings. The highest BCUT2D eigenvalue weighted by molar-refractivity contribution is 5.86. The molecule has 1 amide bonds. The average Bonchev–Trinajstić information content (AvgIpc) is 2.22. The second-order valence-electron chi connectivity index (χ2n) is 3.33. The molecule has 15 heavy (non-hydrogen) atoms. The summed E-state index contributed by atoms with van der Waals surface area (Å²) in [6.07, 6.45) is 3.88. The van der Waals surface area contributed by atoms with Crippen LogP contribution in [-0.4, -0.2) is 35.0 Å². The van der Waals surface area contributed by atoms with Crippen LogP contribution in [0.5, 0.6) is 0 Å². The van der Waals surface area contributed by atoms with Crippen LogP contribution in [0.3, 0.4) is 0 Å². The van der Waals surface area contributed by atoms with Gasteiger partial charge in [0.15, 0.2) is 0 Å². The SMILES string of the molecule is C=CC(=O)N(CC)CCCCCC(=O)O. The van der Waals surface area contributed by atoms with E-state index in [1.807, 2.05) is 6.92 Å². The maximum absolute atomic E-state index is 11.2. The molecule has 0 saturated heterocycles. The van der Waals surface area contributed by atoms with Gasteiger partial charge in [0.2, 0.25) is 5.91 Å². The van der Waals surface area contributed by atoms with Gasteiger partial charge in [0.05, 0.1) is 0 Å². The van der Waals surface area contributed by atoms with Crippen LogP contribution in [0, 0.1) is 0 Å². The van der Waals surface area contributed by atoms with Gasteiger partial charge in [0, 0.05) is 19.5 Å². The van der Waals surface area contributed by atoms with E-state index in [1.165, 1.54) is 6.08 Å². The molecule has 4 heteroatoms. The van der Waals surface area contributed by atoms with Crippen molar-refractivity contribution in [3.05, 3.63) is 12.7 Å². The fourth-order valence-corrected chi connectivity index (χ4v) is 1.31. The third-order valence-electron chi connectivity index (χ3n) is 2.19. The number of likely N-dealkylation sites (N-methyl/N-ethyl adjacent to an activating group) is 1. The summed E-state index contributed by atoms with van der Waals surface area (Å²) >= 11 is 0. The van der Waals surface area contributed by atoms with Crippen molar-refractivity contribution in [2.45, 2.75) is 32.6 Å². The standard InChI is InChI=1S/C11H19NO3/c1-3-10(13)12(4-2)9-7-5-6-8-11(14)15/h3H,1,4-9H2,2H3,(H,14,15). The Hall–Kier alpha value is -1.32. The minimum Gasteiger partial charge on any atom is -0.481 e. The second kappa shape index (κ2) is 8.03. The zero-order chi connectivity index (χ0) is 11.7. The fraction of sp³-hybridized carbons (Fsp3) is 0.636.